The number of benzene rings is 2. The molecule has 1 amide bonds. The van der Waals surface area contributed by atoms with Gasteiger partial charge in [-0.1, -0.05) is 24.3 Å². The second-order valence-corrected chi connectivity index (χ2v) is 10.4. The monoisotopic (exact) mass is 593 g/mol. The van der Waals surface area contributed by atoms with Crippen LogP contribution in [0.3, 0.4) is 0 Å². The van der Waals surface area contributed by atoms with Crippen LogP contribution < -0.4 is 9.80 Å². The van der Waals surface area contributed by atoms with Gasteiger partial charge < -0.3 is 19.4 Å². The molecule has 1 saturated heterocycles. The first kappa shape index (κ1) is 29.6. The molecule has 2 aliphatic heterocycles. The Morgan fingerprint density at radius 1 is 0.881 bits per heavy atom. The van der Waals surface area contributed by atoms with Crippen LogP contribution in [0.2, 0.25) is 0 Å². The summed E-state index contributed by atoms with van der Waals surface area (Å²) in [4.78, 5) is 28.9. The molecule has 5 rings (SSSR count). The number of morpholine rings is 1. The highest BCUT2D eigenvalue weighted by atomic mass is 19.4. The summed E-state index contributed by atoms with van der Waals surface area (Å²) in [7, 11) is 1.79. The molecule has 2 aliphatic rings. The van der Waals surface area contributed by atoms with Gasteiger partial charge in [0.2, 0.25) is 5.95 Å². The van der Waals surface area contributed by atoms with Crippen LogP contribution in [0.1, 0.15) is 39.0 Å². The van der Waals surface area contributed by atoms with Crippen molar-refractivity contribution in [3.63, 3.8) is 0 Å². The molecule has 0 aliphatic carbocycles. The maximum atomic E-state index is 14.2. The quantitative estimate of drug-likeness (QED) is 0.356. The Labute approximate surface area is 238 Å². The van der Waals surface area contributed by atoms with Gasteiger partial charge in [0.1, 0.15) is 11.4 Å². The van der Waals surface area contributed by atoms with Gasteiger partial charge in [-0.3, -0.25) is 4.79 Å². The number of hydrogen-bond donors (Lipinski definition) is 0. The highest BCUT2D eigenvalue weighted by molar-refractivity contribution is 6.05. The number of carbonyl (C=O) groups excluding carboxylic acids is 1. The van der Waals surface area contributed by atoms with E-state index >= 15 is 0 Å². The Hall–Kier alpha value is -3.87. The number of aryl methyl sites for hydroxylation is 1. The highest BCUT2D eigenvalue weighted by Gasteiger charge is 2.38. The van der Waals surface area contributed by atoms with E-state index < -0.39 is 35.9 Å². The molecule has 42 heavy (non-hydrogen) atoms. The van der Waals surface area contributed by atoms with Gasteiger partial charge in [-0.2, -0.15) is 31.3 Å². The zero-order valence-electron chi connectivity index (χ0n) is 23.0. The summed E-state index contributed by atoms with van der Waals surface area (Å²) >= 11 is 0. The molecule has 13 heteroatoms. The van der Waals surface area contributed by atoms with Crippen LogP contribution in [0.5, 0.6) is 0 Å². The lowest BCUT2D eigenvalue weighted by atomic mass is 9.99. The van der Waals surface area contributed by atoms with Crippen molar-refractivity contribution in [1.82, 2.24) is 14.9 Å². The van der Waals surface area contributed by atoms with Crippen molar-refractivity contribution in [1.29, 1.82) is 0 Å². The third-order valence-corrected chi connectivity index (χ3v) is 7.38. The van der Waals surface area contributed by atoms with Gasteiger partial charge in [-0.25, -0.2) is 4.98 Å². The number of hydrogen-bond acceptors (Lipinski definition) is 6. The van der Waals surface area contributed by atoms with Gasteiger partial charge in [0.05, 0.1) is 30.0 Å². The Morgan fingerprint density at radius 2 is 1.52 bits per heavy atom. The molecule has 0 unspecified atom stereocenters. The second-order valence-electron chi connectivity index (χ2n) is 10.4. The standard InChI is InChI=1S/C29H29F6N5O2/c1-18-6-3-4-7-22(18)24-23-25(37-27(36-24)39-10-12-42-13-11-39)38(2)8-5-9-40(26(23)41)17-19-14-20(28(30,31)32)16-21(15-19)29(33,34)35/h3-4,6-7,14-16H,5,8-13,17H2,1-2H3. The van der Waals surface area contributed by atoms with Crippen molar-refractivity contribution in [2.24, 2.45) is 0 Å². The molecular weight excluding hydrogens is 564 g/mol. The van der Waals surface area contributed by atoms with Crippen molar-refractivity contribution in [2.75, 3.05) is 56.2 Å². The zero-order valence-corrected chi connectivity index (χ0v) is 23.0. The summed E-state index contributed by atoms with van der Waals surface area (Å²) in [6.45, 7) is 4.04. The van der Waals surface area contributed by atoms with E-state index in [-0.39, 0.29) is 23.7 Å². The number of halogens is 6. The van der Waals surface area contributed by atoms with Gasteiger partial charge in [0.15, 0.2) is 0 Å². The van der Waals surface area contributed by atoms with E-state index in [1.807, 2.05) is 34.9 Å². The van der Waals surface area contributed by atoms with Crippen LogP contribution in [0.25, 0.3) is 11.3 Å². The SMILES string of the molecule is Cc1ccccc1-c1nc(N2CCOCC2)nc2c1C(=O)N(Cc1cc(C(F)(F)F)cc(C(F)(F)F)c1)CCCN2C. The molecule has 2 aromatic carbocycles. The maximum absolute atomic E-state index is 14.2. The first-order valence-electron chi connectivity index (χ1n) is 13.4. The lowest BCUT2D eigenvalue weighted by Crippen LogP contribution is -2.40. The predicted molar refractivity (Wildman–Crippen MR) is 144 cm³/mol. The maximum Gasteiger partial charge on any atom is 0.416 e. The fraction of sp³-hybridized carbons (Fsp3) is 0.414. The van der Waals surface area contributed by atoms with E-state index in [2.05, 4.69) is 0 Å². The minimum absolute atomic E-state index is 0.0837. The number of carbonyl (C=O) groups is 1. The van der Waals surface area contributed by atoms with Gasteiger partial charge in [-0.15, -0.1) is 0 Å². The van der Waals surface area contributed by atoms with E-state index in [9.17, 15) is 31.1 Å². The molecule has 7 nitrogen and oxygen atoms in total. The van der Waals surface area contributed by atoms with E-state index in [1.165, 1.54) is 4.90 Å². The van der Waals surface area contributed by atoms with Crippen LogP contribution in [-0.2, 0) is 23.6 Å². The van der Waals surface area contributed by atoms with Gasteiger partial charge in [-0.05, 0) is 42.7 Å². The molecule has 0 radical (unpaired) electrons. The van der Waals surface area contributed by atoms with Crippen LogP contribution in [-0.4, -0.2) is 67.2 Å². The third kappa shape index (κ3) is 6.15. The Bertz CT molecular complexity index is 1440. The fourth-order valence-corrected chi connectivity index (χ4v) is 5.20. The lowest BCUT2D eigenvalue weighted by Gasteiger charge is -2.33. The molecule has 0 atom stereocenters. The van der Waals surface area contributed by atoms with Crippen LogP contribution >= 0.6 is 0 Å². The Kier molecular flexibility index (Phi) is 8.06. The topological polar surface area (TPSA) is 61.8 Å². The molecule has 0 saturated carbocycles. The minimum atomic E-state index is -4.99. The lowest BCUT2D eigenvalue weighted by molar-refractivity contribution is -0.143. The molecule has 1 aromatic heterocycles. The number of alkyl halides is 6. The summed E-state index contributed by atoms with van der Waals surface area (Å²) in [5.41, 5.74) is -1.12. The number of rotatable bonds is 4. The van der Waals surface area contributed by atoms with Crippen LogP contribution in [0.4, 0.5) is 38.1 Å². The van der Waals surface area contributed by atoms with Crippen molar-refractivity contribution >= 4 is 17.7 Å². The smallest absolute Gasteiger partial charge is 0.378 e. The van der Waals surface area contributed by atoms with Crippen molar-refractivity contribution in [2.45, 2.75) is 32.2 Å². The van der Waals surface area contributed by atoms with Crippen LogP contribution in [0.15, 0.2) is 42.5 Å². The first-order chi connectivity index (χ1) is 19.8. The molecule has 1 fully saturated rings. The fourth-order valence-electron chi connectivity index (χ4n) is 5.20. The molecule has 0 N–H and O–H groups in total. The number of anilines is 2. The van der Waals surface area contributed by atoms with E-state index in [1.54, 1.807) is 13.1 Å². The molecular formula is C29H29F6N5O2. The van der Waals surface area contributed by atoms with Gasteiger partial charge in [0, 0.05) is 45.3 Å². The highest BCUT2D eigenvalue weighted by Crippen LogP contribution is 2.38. The predicted octanol–water partition coefficient (Wildman–Crippen LogP) is 5.81. The molecule has 3 aromatic rings. The van der Waals surface area contributed by atoms with Crippen LogP contribution in [0, 0.1) is 6.92 Å². The van der Waals surface area contributed by atoms with E-state index in [4.69, 9.17) is 14.7 Å². The number of fused-ring (bicyclic) bond motifs is 1. The third-order valence-electron chi connectivity index (χ3n) is 7.38. The summed E-state index contributed by atoms with van der Waals surface area (Å²) in [6, 6.07) is 8.75. The number of amides is 1. The summed E-state index contributed by atoms with van der Waals surface area (Å²) < 4.78 is 86.7. The normalized spacial score (nSPS) is 16.8. The molecule has 224 valence electrons. The first-order valence-corrected chi connectivity index (χ1v) is 13.4. The van der Waals surface area contributed by atoms with Gasteiger partial charge in [0.25, 0.3) is 5.91 Å². The zero-order chi connectivity index (χ0) is 30.2. The average Bonchev–Trinajstić information content (AvgIpc) is 2.94. The second kappa shape index (κ2) is 11.4. The largest absolute Gasteiger partial charge is 0.416 e. The van der Waals surface area contributed by atoms with Crippen molar-refractivity contribution < 1.29 is 35.9 Å². The van der Waals surface area contributed by atoms with E-state index in [0.29, 0.717) is 74.4 Å². The minimum Gasteiger partial charge on any atom is -0.378 e. The molecule has 0 bridgehead atoms. The Morgan fingerprint density at radius 3 is 2.14 bits per heavy atom. The Balaban J connectivity index is 1.63. The number of nitrogens with zero attached hydrogens (tertiary/aromatic N) is 5. The summed E-state index contributed by atoms with van der Waals surface area (Å²) in [5.74, 6) is 0.184. The van der Waals surface area contributed by atoms with Crippen molar-refractivity contribution in [3.05, 3.63) is 70.3 Å². The summed E-state index contributed by atoms with van der Waals surface area (Å²) in [6.07, 6.45) is -9.57. The van der Waals surface area contributed by atoms with Crippen molar-refractivity contribution in [3.8, 4) is 11.3 Å². The average molecular weight is 594 g/mol. The number of ether oxygens (including phenoxy) is 1. The molecule has 3 heterocycles. The molecule has 0 spiro atoms. The summed E-state index contributed by atoms with van der Waals surface area (Å²) in [5, 5.41) is 0. The van der Waals surface area contributed by atoms with E-state index in [0.717, 1.165) is 5.56 Å². The number of aromatic nitrogens is 2. The van der Waals surface area contributed by atoms with Gasteiger partial charge >= 0.3 is 12.4 Å².